The van der Waals surface area contributed by atoms with Gasteiger partial charge in [0, 0.05) is 24.5 Å². The summed E-state index contributed by atoms with van der Waals surface area (Å²) in [7, 11) is 0. The Morgan fingerprint density at radius 2 is 2.17 bits per heavy atom. The van der Waals surface area contributed by atoms with Crippen molar-refractivity contribution in [1.29, 1.82) is 0 Å². The van der Waals surface area contributed by atoms with Crippen LogP contribution in [0.3, 0.4) is 0 Å². The lowest BCUT2D eigenvalue weighted by molar-refractivity contribution is 0.0122. The predicted molar refractivity (Wildman–Crippen MR) is 85.9 cm³/mol. The number of pyridine rings is 1. The lowest BCUT2D eigenvalue weighted by Crippen LogP contribution is -2.34. The SMILES string of the molecule is CC(C)(C)OC(=O)NCCC(O)C(O)c1cnc2cc[nH]c2c1. The van der Waals surface area contributed by atoms with Crippen LogP contribution >= 0.6 is 0 Å². The Morgan fingerprint density at radius 1 is 1.43 bits per heavy atom. The van der Waals surface area contributed by atoms with Crippen molar-refractivity contribution in [3.8, 4) is 0 Å². The fraction of sp³-hybridized carbons (Fsp3) is 0.500. The van der Waals surface area contributed by atoms with Crippen molar-refractivity contribution in [3.05, 3.63) is 30.1 Å². The summed E-state index contributed by atoms with van der Waals surface area (Å²) in [5, 5.41) is 22.8. The first kappa shape index (κ1) is 17.2. The van der Waals surface area contributed by atoms with Crippen LogP contribution in [-0.4, -0.2) is 44.5 Å². The highest BCUT2D eigenvalue weighted by molar-refractivity contribution is 5.75. The maximum atomic E-state index is 11.5. The largest absolute Gasteiger partial charge is 0.444 e. The molecule has 2 heterocycles. The van der Waals surface area contributed by atoms with Crippen LogP contribution < -0.4 is 5.32 Å². The number of hydrogen-bond donors (Lipinski definition) is 4. The molecule has 0 radical (unpaired) electrons. The molecule has 0 saturated carbocycles. The van der Waals surface area contributed by atoms with E-state index >= 15 is 0 Å². The number of H-pyrrole nitrogens is 1. The van der Waals surface area contributed by atoms with Crippen LogP contribution in [0.5, 0.6) is 0 Å². The van der Waals surface area contributed by atoms with E-state index in [0.717, 1.165) is 11.0 Å². The molecule has 23 heavy (non-hydrogen) atoms. The number of aromatic nitrogens is 2. The number of aliphatic hydroxyl groups is 2. The van der Waals surface area contributed by atoms with E-state index in [2.05, 4.69) is 15.3 Å². The normalized spacial score (nSPS) is 14.5. The third-order valence-corrected chi connectivity index (χ3v) is 3.23. The zero-order valence-corrected chi connectivity index (χ0v) is 13.5. The van der Waals surface area contributed by atoms with Crippen LogP contribution in [0.1, 0.15) is 38.9 Å². The molecule has 0 saturated heterocycles. The van der Waals surface area contributed by atoms with Crippen LogP contribution in [0.15, 0.2) is 24.5 Å². The second-order valence-electron chi connectivity index (χ2n) is 6.41. The second-order valence-corrected chi connectivity index (χ2v) is 6.41. The van der Waals surface area contributed by atoms with Crippen molar-refractivity contribution in [1.82, 2.24) is 15.3 Å². The minimum atomic E-state index is -1.07. The molecule has 2 unspecified atom stereocenters. The third kappa shape index (κ3) is 4.94. The number of ether oxygens (including phenoxy) is 1. The molecule has 7 heteroatoms. The summed E-state index contributed by atoms with van der Waals surface area (Å²) in [6.07, 6.45) is 0.854. The van der Waals surface area contributed by atoms with E-state index in [0.29, 0.717) is 5.56 Å². The summed E-state index contributed by atoms with van der Waals surface area (Å²) in [4.78, 5) is 18.7. The number of nitrogens with zero attached hydrogens (tertiary/aromatic N) is 1. The summed E-state index contributed by atoms with van der Waals surface area (Å²) in [5.74, 6) is 0. The molecule has 0 spiro atoms. The van der Waals surface area contributed by atoms with Crippen LogP contribution in [0.2, 0.25) is 0 Å². The molecule has 0 aliphatic rings. The van der Waals surface area contributed by atoms with Crippen molar-refractivity contribution in [3.63, 3.8) is 0 Å². The topological polar surface area (TPSA) is 107 Å². The van der Waals surface area contributed by atoms with Crippen LogP contribution in [0.4, 0.5) is 4.79 Å². The first-order chi connectivity index (χ1) is 10.8. The Morgan fingerprint density at radius 3 is 2.87 bits per heavy atom. The van der Waals surface area contributed by atoms with E-state index in [1.54, 1.807) is 33.0 Å². The van der Waals surface area contributed by atoms with Gasteiger partial charge in [0.25, 0.3) is 0 Å². The molecule has 2 atom stereocenters. The molecule has 0 aromatic carbocycles. The second kappa shape index (κ2) is 6.97. The third-order valence-electron chi connectivity index (χ3n) is 3.23. The van der Waals surface area contributed by atoms with Gasteiger partial charge < -0.3 is 25.3 Å². The Kier molecular flexibility index (Phi) is 5.23. The predicted octanol–water partition coefficient (Wildman–Crippen LogP) is 1.87. The Labute approximate surface area is 134 Å². The molecule has 7 nitrogen and oxygen atoms in total. The summed E-state index contributed by atoms with van der Waals surface area (Å²) < 4.78 is 5.10. The van der Waals surface area contributed by atoms with Gasteiger partial charge in [-0.2, -0.15) is 0 Å². The van der Waals surface area contributed by atoms with Gasteiger partial charge in [0.2, 0.25) is 0 Å². The van der Waals surface area contributed by atoms with E-state index in [4.69, 9.17) is 4.74 Å². The van der Waals surface area contributed by atoms with Gasteiger partial charge in [-0.3, -0.25) is 4.98 Å². The van der Waals surface area contributed by atoms with Gasteiger partial charge in [0.05, 0.1) is 17.1 Å². The zero-order valence-electron chi connectivity index (χ0n) is 13.5. The minimum absolute atomic E-state index is 0.198. The highest BCUT2D eigenvalue weighted by atomic mass is 16.6. The van der Waals surface area contributed by atoms with E-state index in [-0.39, 0.29) is 13.0 Å². The van der Waals surface area contributed by atoms with Crippen molar-refractivity contribution < 1.29 is 19.7 Å². The van der Waals surface area contributed by atoms with Gasteiger partial charge in [-0.25, -0.2) is 4.79 Å². The Balaban J connectivity index is 1.85. The van der Waals surface area contributed by atoms with E-state index in [9.17, 15) is 15.0 Å². The first-order valence-corrected chi connectivity index (χ1v) is 7.52. The number of nitrogens with one attached hydrogen (secondary N) is 2. The average molecular weight is 321 g/mol. The van der Waals surface area contributed by atoms with Gasteiger partial charge in [-0.15, -0.1) is 0 Å². The van der Waals surface area contributed by atoms with E-state index in [1.807, 2.05) is 6.07 Å². The Hall–Kier alpha value is -2.12. The lowest BCUT2D eigenvalue weighted by atomic mass is 10.0. The maximum Gasteiger partial charge on any atom is 0.407 e. The summed E-state index contributed by atoms with van der Waals surface area (Å²) in [5.41, 5.74) is 1.53. The first-order valence-electron chi connectivity index (χ1n) is 7.52. The highest BCUT2D eigenvalue weighted by Crippen LogP contribution is 2.21. The molecule has 4 N–H and O–H groups in total. The molecule has 1 amide bonds. The molecule has 2 rings (SSSR count). The molecule has 0 aliphatic heterocycles. The van der Waals surface area contributed by atoms with E-state index < -0.39 is 23.9 Å². The van der Waals surface area contributed by atoms with Gasteiger partial charge in [-0.1, -0.05) is 0 Å². The van der Waals surface area contributed by atoms with Gasteiger partial charge in [0.1, 0.15) is 11.7 Å². The van der Waals surface area contributed by atoms with Crippen molar-refractivity contribution >= 4 is 17.1 Å². The smallest absolute Gasteiger partial charge is 0.407 e. The van der Waals surface area contributed by atoms with Crippen LogP contribution in [-0.2, 0) is 4.74 Å². The molecular formula is C16H23N3O4. The molecule has 2 aromatic heterocycles. The lowest BCUT2D eigenvalue weighted by Gasteiger charge is -2.21. The molecule has 2 aromatic rings. The molecule has 126 valence electrons. The number of amides is 1. The fourth-order valence-electron chi connectivity index (χ4n) is 2.13. The number of carbonyl (C=O) groups is 1. The van der Waals surface area contributed by atoms with E-state index in [1.165, 1.54) is 6.20 Å². The Bertz CT molecular complexity index is 663. The molecule has 0 bridgehead atoms. The number of hydrogen-bond acceptors (Lipinski definition) is 5. The quantitative estimate of drug-likeness (QED) is 0.672. The zero-order chi connectivity index (χ0) is 17.0. The van der Waals surface area contributed by atoms with Crippen LogP contribution in [0.25, 0.3) is 11.0 Å². The molecule has 0 fully saturated rings. The fourth-order valence-corrected chi connectivity index (χ4v) is 2.13. The number of alkyl carbamates (subject to hydrolysis) is 1. The standard InChI is InChI=1S/C16H23N3O4/c1-16(2,3)23-15(22)18-7-5-13(20)14(21)10-8-12-11(19-9-10)4-6-17-12/h4,6,8-9,13-14,17,20-21H,5,7H2,1-3H3,(H,18,22). The van der Waals surface area contributed by atoms with Gasteiger partial charge in [0.15, 0.2) is 0 Å². The highest BCUT2D eigenvalue weighted by Gasteiger charge is 2.20. The molecular weight excluding hydrogens is 298 g/mol. The summed E-state index contributed by atoms with van der Waals surface area (Å²) in [6, 6.07) is 3.57. The number of fused-ring (bicyclic) bond motifs is 1. The molecule has 0 aliphatic carbocycles. The summed E-state index contributed by atoms with van der Waals surface area (Å²) >= 11 is 0. The van der Waals surface area contributed by atoms with Crippen molar-refractivity contribution in [2.24, 2.45) is 0 Å². The van der Waals surface area contributed by atoms with Gasteiger partial charge >= 0.3 is 6.09 Å². The maximum absolute atomic E-state index is 11.5. The summed E-state index contributed by atoms with van der Waals surface area (Å²) in [6.45, 7) is 5.52. The van der Waals surface area contributed by atoms with Crippen LogP contribution in [0, 0.1) is 0 Å². The number of aromatic amines is 1. The average Bonchev–Trinajstić information content (AvgIpc) is 2.91. The monoisotopic (exact) mass is 321 g/mol. The van der Waals surface area contributed by atoms with Crippen molar-refractivity contribution in [2.75, 3.05) is 6.54 Å². The number of rotatable bonds is 5. The minimum Gasteiger partial charge on any atom is -0.444 e. The van der Waals surface area contributed by atoms with Gasteiger partial charge in [-0.05, 0) is 39.3 Å². The number of carbonyl (C=O) groups excluding carboxylic acids is 1. The number of aliphatic hydroxyl groups excluding tert-OH is 2. The van der Waals surface area contributed by atoms with Crippen molar-refractivity contribution in [2.45, 2.75) is 45.0 Å².